The van der Waals surface area contributed by atoms with Gasteiger partial charge in [0, 0.05) is 17.8 Å². The van der Waals surface area contributed by atoms with Gasteiger partial charge in [0.2, 0.25) is 0 Å². The highest BCUT2D eigenvalue weighted by atomic mass is 16.3. The number of nitrogens with zero attached hydrogens (tertiary/aromatic N) is 1. The largest absolute Gasteiger partial charge is 0.455 e. The molecule has 4 aromatic rings. The molecule has 0 aliphatic carbocycles. The molecule has 3 heteroatoms. The van der Waals surface area contributed by atoms with Gasteiger partial charge in [0.1, 0.15) is 11.2 Å². The number of benzene rings is 2. The molecular formula is C16H11NO2. The molecule has 0 N–H and O–H groups in total. The van der Waals surface area contributed by atoms with Crippen molar-refractivity contribution < 1.29 is 4.42 Å². The van der Waals surface area contributed by atoms with Gasteiger partial charge in [0.25, 0.3) is 5.56 Å². The van der Waals surface area contributed by atoms with Crippen LogP contribution in [0.5, 0.6) is 0 Å². The molecule has 0 amide bonds. The number of fused-ring (bicyclic) bond motifs is 5. The van der Waals surface area contributed by atoms with E-state index in [9.17, 15) is 4.79 Å². The smallest absolute Gasteiger partial charge is 0.262 e. The van der Waals surface area contributed by atoms with Crippen LogP contribution in [0.4, 0.5) is 0 Å². The highest BCUT2D eigenvalue weighted by Gasteiger charge is 2.15. The Balaban J connectivity index is 2.45. The van der Waals surface area contributed by atoms with Crippen LogP contribution in [0.2, 0.25) is 0 Å². The average molecular weight is 249 g/mol. The van der Waals surface area contributed by atoms with E-state index in [0.717, 1.165) is 21.9 Å². The Bertz CT molecular complexity index is 992. The number of furan rings is 1. The van der Waals surface area contributed by atoms with Gasteiger partial charge in [-0.2, -0.15) is 0 Å². The molecule has 0 aliphatic heterocycles. The topological polar surface area (TPSA) is 35.1 Å². The van der Waals surface area contributed by atoms with E-state index in [1.54, 1.807) is 11.6 Å². The molecule has 0 atom stereocenters. The maximum absolute atomic E-state index is 12.5. The first-order valence-electron chi connectivity index (χ1n) is 6.16. The molecule has 4 rings (SSSR count). The van der Waals surface area contributed by atoms with Crippen LogP contribution < -0.4 is 5.56 Å². The summed E-state index contributed by atoms with van der Waals surface area (Å²) in [7, 11) is 1.80. The average Bonchev–Trinajstić information content (AvgIpc) is 2.84. The van der Waals surface area contributed by atoms with Crippen LogP contribution in [0, 0.1) is 0 Å². The van der Waals surface area contributed by atoms with Crippen LogP contribution in [-0.4, -0.2) is 4.57 Å². The third-order valence-electron chi connectivity index (χ3n) is 3.62. The lowest BCUT2D eigenvalue weighted by Crippen LogP contribution is -2.16. The molecule has 0 spiro atoms. The normalized spacial score (nSPS) is 11.6. The summed E-state index contributed by atoms with van der Waals surface area (Å²) in [5.41, 5.74) is 2.31. The Morgan fingerprint density at radius 2 is 1.63 bits per heavy atom. The molecule has 0 unspecified atom stereocenters. The van der Waals surface area contributed by atoms with Crippen LogP contribution in [0.1, 0.15) is 0 Å². The standard InChI is InChI=1S/C16H11NO2/c1-17-12-8-4-2-6-10(12)15-14(16(17)18)11-7-3-5-9-13(11)19-15/h2-9H,1H3. The Morgan fingerprint density at radius 1 is 0.947 bits per heavy atom. The molecule has 3 nitrogen and oxygen atoms in total. The summed E-state index contributed by atoms with van der Waals surface area (Å²) in [6, 6.07) is 15.5. The molecule has 0 saturated heterocycles. The van der Waals surface area contributed by atoms with Gasteiger partial charge < -0.3 is 8.98 Å². The molecule has 0 aliphatic rings. The molecule has 2 heterocycles. The van der Waals surface area contributed by atoms with E-state index in [1.807, 2.05) is 48.5 Å². The second kappa shape index (κ2) is 3.48. The monoisotopic (exact) mass is 249 g/mol. The van der Waals surface area contributed by atoms with Gasteiger partial charge in [-0.3, -0.25) is 4.79 Å². The summed E-state index contributed by atoms with van der Waals surface area (Å²) in [6.45, 7) is 0. The molecule has 2 aromatic heterocycles. The number of aryl methyl sites for hydroxylation is 1. The first kappa shape index (κ1) is 10.4. The van der Waals surface area contributed by atoms with Crippen LogP contribution in [0.15, 0.2) is 57.7 Å². The van der Waals surface area contributed by atoms with Crippen molar-refractivity contribution in [3.8, 4) is 0 Å². The van der Waals surface area contributed by atoms with Gasteiger partial charge in [-0.1, -0.05) is 30.3 Å². The predicted molar refractivity (Wildman–Crippen MR) is 76.5 cm³/mol. The molecule has 92 valence electrons. The summed E-state index contributed by atoms with van der Waals surface area (Å²) in [5, 5.41) is 2.51. The minimum atomic E-state index is -0.0151. The number of aromatic nitrogens is 1. The van der Waals surface area contributed by atoms with E-state index in [4.69, 9.17) is 4.42 Å². The third kappa shape index (κ3) is 1.24. The molecule has 0 radical (unpaired) electrons. The van der Waals surface area contributed by atoms with Gasteiger partial charge in [0.15, 0.2) is 0 Å². The van der Waals surface area contributed by atoms with Crippen LogP contribution in [-0.2, 0) is 7.05 Å². The summed E-state index contributed by atoms with van der Waals surface area (Å²) in [4.78, 5) is 12.5. The summed E-state index contributed by atoms with van der Waals surface area (Å²) in [6.07, 6.45) is 0. The fraction of sp³-hybridized carbons (Fsp3) is 0.0625. The van der Waals surface area contributed by atoms with Gasteiger partial charge in [-0.25, -0.2) is 0 Å². The van der Waals surface area contributed by atoms with Crippen LogP contribution >= 0.6 is 0 Å². The summed E-state index contributed by atoms with van der Waals surface area (Å²) in [5.74, 6) is 0. The van der Waals surface area contributed by atoms with Crippen molar-refractivity contribution in [2.24, 2.45) is 7.05 Å². The van der Waals surface area contributed by atoms with Crippen molar-refractivity contribution in [2.75, 3.05) is 0 Å². The first-order valence-corrected chi connectivity index (χ1v) is 6.16. The number of pyridine rings is 1. The fourth-order valence-corrected chi connectivity index (χ4v) is 2.68. The highest BCUT2D eigenvalue weighted by Crippen LogP contribution is 2.30. The van der Waals surface area contributed by atoms with Gasteiger partial charge in [-0.15, -0.1) is 0 Å². The molecule has 0 bridgehead atoms. The Morgan fingerprint density at radius 3 is 2.47 bits per heavy atom. The Labute approximate surface area is 108 Å². The zero-order valence-electron chi connectivity index (χ0n) is 10.4. The van der Waals surface area contributed by atoms with Gasteiger partial charge >= 0.3 is 0 Å². The zero-order chi connectivity index (χ0) is 13.0. The molecule has 0 fully saturated rings. The van der Waals surface area contributed by atoms with Crippen molar-refractivity contribution >= 4 is 32.8 Å². The van der Waals surface area contributed by atoms with Crippen molar-refractivity contribution in [1.29, 1.82) is 0 Å². The van der Waals surface area contributed by atoms with E-state index in [1.165, 1.54) is 0 Å². The van der Waals surface area contributed by atoms with Crippen molar-refractivity contribution in [2.45, 2.75) is 0 Å². The number of hydrogen-bond acceptors (Lipinski definition) is 2. The maximum Gasteiger partial charge on any atom is 0.262 e. The van der Waals surface area contributed by atoms with Gasteiger partial charge in [-0.05, 0) is 18.2 Å². The number of hydrogen-bond donors (Lipinski definition) is 0. The van der Waals surface area contributed by atoms with Gasteiger partial charge in [0.05, 0.1) is 10.9 Å². The maximum atomic E-state index is 12.5. The second-order valence-corrected chi connectivity index (χ2v) is 4.68. The molecular weight excluding hydrogens is 238 g/mol. The quantitative estimate of drug-likeness (QED) is 0.478. The third-order valence-corrected chi connectivity index (χ3v) is 3.62. The fourth-order valence-electron chi connectivity index (χ4n) is 2.68. The summed E-state index contributed by atoms with van der Waals surface area (Å²) < 4.78 is 7.57. The Hall–Kier alpha value is -2.55. The number of rotatable bonds is 0. The van der Waals surface area contributed by atoms with E-state index in [0.29, 0.717) is 11.0 Å². The highest BCUT2D eigenvalue weighted by molar-refractivity contribution is 6.13. The lowest BCUT2D eigenvalue weighted by atomic mass is 10.1. The molecule has 0 saturated carbocycles. The first-order chi connectivity index (χ1) is 9.27. The van der Waals surface area contributed by atoms with Crippen LogP contribution in [0.3, 0.4) is 0 Å². The SMILES string of the molecule is Cn1c(=O)c2c3ccccc3oc2c2ccccc21. The lowest BCUT2D eigenvalue weighted by Gasteiger charge is -2.04. The summed E-state index contributed by atoms with van der Waals surface area (Å²) >= 11 is 0. The lowest BCUT2D eigenvalue weighted by molar-refractivity contribution is 0.671. The molecule has 19 heavy (non-hydrogen) atoms. The predicted octanol–water partition coefficient (Wildman–Crippen LogP) is 3.44. The minimum Gasteiger partial charge on any atom is -0.455 e. The van der Waals surface area contributed by atoms with E-state index in [-0.39, 0.29) is 5.56 Å². The Kier molecular flexibility index (Phi) is 1.90. The van der Waals surface area contributed by atoms with Crippen molar-refractivity contribution in [1.82, 2.24) is 4.57 Å². The van der Waals surface area contributed by atoms with Crippen molar-refractivity contribution in [3.63, 3.8) is 0 Å². The van der Waals surface area contributed by atoms with E-state index in [2.05, 4.69) is 0 Å². The second-order valence-electron chi connectivity index (χ2n) is 4.68. The zero-order valence-corrected chi connectivity index (χ0v) is 10.4. The van der Waals surface area contributed by atoms with E-state index >= 15 is 0 Å². The van der Waals surface area contributed by atoms with Crippen LogP contribution in [0.25, 0.3) is 32.8 Å². The number of para-hydroxylation sites is 2. The van der Waals surface area contributed by atoms with E-state index < -0.39 is 0 Å². The molecule has 2 aromatic carbocycles. The minimum absolute atomic E-state index is 0.0151. The van der Waals surface area contributed by atoms with Crippen molar-refractivity contribution in [3.05, 3.63) is 58.9 Å².